The third-order valence-corrected chi connectivity index (χ3v) is 7.29. The molecule has 0 aromatic carbocycles. The van der Waals surface area contributed by atoms with E-state index >= 15 is 0 Å². The Bertz CT molecular complexity index is 776. The molecule has 3 aliphatic rings. The number of fused-ring (bicyclic) bond motifs is 3. The first kappa shape index (κ1) is 16.9. The van der Waals surface area contributed by atoms with Gasteiger partial charge in [-0.3, -0.25) is 0 Å². The highest BCUT2D eigenvalue weighted by atomic mass is 32.1. The first-order valence-electron chi connectivity index (χ1n) is 10.4. The largest absolute Gasteiger partial charge is 0.370 e. The van der Waals surface area contributed by atoms with Crippen LogP contribution < -0.4 is 9.80 Å². The SMILES string of the molecule is C1CCCN(c2nc(C[NH+]3CCOCC3)nc3sc4c(c23)CCC4)CC1. The fraction of sp³-hybridized carbons (Fsp3) is 0.700. The van der Waals surface area contributed by atoms with Gasteiger partial charge in [0.05, 0.1) is 18.6 Å². The molecule has 0 atom stereocenters. The molecule has 4 heterocycles. The molecule has 0 unspecified atom stereocenters. The number of morpholine rings is 1. The van der Waals surface area contributed by atoms with Gasteiger partial charge in [0.1, 0.15) is 30.3 Å². The van der Waals surface area contributed by atoms with E-state index in [1.165, 1.54) is 61.0 Å². The summed E-state index contributed by atoms with van der Waals surface area (Å²) in [7, 11) is 0. The topological polar surface area (TPSA) is 42.7 Å². The zero-order valence-electron chi connectivity index (χ0n) is 15.6. The van der Waals surface area contributed by atoms with Crippen molar-refractivity contribution in [2.45, 2.75) is 51.5 Å². The second-order valence-corrected chi connectivity index (χ2v) is 9.02. The molecule has 2 aromatic rings. The van der Waals surface area contributed by atoms with Gasteiger partial charge in [0.15, 0.2) is 5.82 Å². The summed E-state index contributed by atoms with van der Waals surface area (Å²) in [5, 5.41) is 1.39. The predicted molar refractivity (Wildman–Crippen MR) is 105 cm³/mol. The molecule has 0 bridgehead atoms. The minimum absolute atomic E-state index is 0.865. The molecule has 2 aliphatic heterocycles. The quantitative estimate of drug-likeness (QED) is 0.893. The van der Waals surface area contributed by atoms with Crippen LogP contribution >= 0.6 is 11.3 Å². The van der Waals surface area contributed by atoms with E-state index in [0.29, 0.717) is 0 Å². The number of nitrogens with one attached hydrogen (secondary N) is 1. The van der Waals surface area contributed by atoms with Crippen LogP contribution in [0.4, 0.5) is 5.82 Å². The number of quaternary nitrogens is 1. The standard InChI is InChI=1S/C20H28N4OS/c1-2-4-9-24(8-3-1)19-18-15-6-5-7-16(15)26-20(18)22-17(21-19)14-23-10-12-25-13-11-23/h1-14H2/p+1. The lowest BCUT2D eigenvalue weighted by atomic mass is 10.1. The Labute approximate surface area is 159 Å². The highest BCUT2D eigenvalue weighted by molar-refractivity contribution is 7.19. The van der Waals surface area contributed by atoms with Gasteiger partial charge in [-0.25, -0.2) is 9.97 Å². The highest BCUT2D eigenvalue weighted by Crippen LogP contribution is 2.40. The van der Waals surface area contributed by atoms with Crippen molar-refractivity contribution in [2.24, 2.45) is 0 Å². The molecule has 2 fully saturated rings. The summed E-state index contributed by atoms with van der Waals surface area (Å²) < 4.78 is 5.51. The second kappa shape index (κ2) is 7.41. The first-order chi connectivity index (χ1) is 12.9. The van der Waals surface area contributed by atoms with Crippen LogP contribution in [0.25, 0.3) is 10.2 Å². The van der Waals surface area contributed by atoms with Gasteiger partial charge in [0, 0.05) is 18.0 Å². The maximum Gasteiger partial charge on any atom is 0.187 e. The van der Waals surface area contributed by atoms with Crippen molar-refractivity contribution >= 4 is 27.4 Å². The molecular formula is C20H29N4OS+. The number of ether oxygens (including phenoxy) is 1. The summed E-state index contributed by atoms with van der Waals surface area (Å²) in [6, 6.07) is 0. The fourth-order valence-corrected chi connectivity index (χ4v) is 5.95. The Hall–Kier alpha value is -1.24. The normalized spacial score (nSPS) is 21.9. The molecule has 0 radical (unpaired) electrons. The summed E-state index contributed by atoms with van der Waals surface area (Å²) in [6.45, 7) is 7.11. The smallest absolute Gasteiger partial charge is 0.187 e. The van der Waals surface area contributed by atoms with E-state index < -0.39 is 0 Å². The van der Waals surface area contributed by atoms with Gasteiger partial charge in [-0.15, -0.1) is 11.3 Å². The summed E-state index contributed by atoms with van der Waals surface area (Å²) in [4.78, 5) is 17.1. The van der Waals surface area contributed by atoms with Crippen LogP contribution in [0.2, 0.25) is 0 Å². The van der Waals surface area contributed by atoms with Gasteiger partial charge >= 0.3 is 0 Å². The lowest BCUT2D eigenvalue weighted by Gasteiger charge is -2.25. The second-order valence-electron chi connectivity index (χ2n) is 7.94. The maximum absolute atomic E-state index is 5.51. The molecule has 0 spiro atoms. The molecule has 0 saturated carbocycles. The van der Waals surface area contributed by atoms with Crippen LogP contribution in [-0.2, 0) is 24.1 Å². The number of thiophene rings is 1. The molecule has 2 aromatic heterocycles. The monoisotopic (exact) mass is 373 g/mol. The average Bonchev–Trinajstić information content (AvgIpc) is 3.12. The predicted octanol–water partition coefficient (Wildman–Crippen LogP) is 1.98. The molecule has 5 nitrogen and oxygen atoms in total. The van der Waals surface area contributed by atoms with E-state index in [1.807, 2.05) is 11.3 Å². The molecule has 5 rings (SSSR count). The van der Waals surface area contributed by atoms with Gasteiger partial charge in [0.25, 0.3) is 0 Å². The van der Waals surface area contributed by atoms with Crippen molar-refractivity contribution in [1.29, 1.82) is 0 Å². The molecule has 1 aliphatic carbocycles. The van der Waals surface area contributed by atoms with Crippen molar-refractivity contribution in [3.05, 3.63) is 16.3 Å². The fourth-order valence-electron chi connectivity index (χ4n) is 4.67. The number of hydrogen-bond donors (Lipinski definition) is 1. The van der Waals surface area contributed by atoms with Crippen LogP contribution in [0.3, 0.4) is 0 Å². The molecule has 26 heavy (non-hydrogen) atoms. The Morgan fingerprint density at radius 3 is 2.58 bits per heavy atom. The molecule has 1 N–H and O–H groups in total. The maximum atomic E-state index is 5.51. The van der Waals surface area contributed by atoms with E-state index in [4.69, 9.17) is 14.7 Å². The number of nitrogens with zero attached hydrogens (tertiary/aromatic N) is 3. The van der Waals surface area contributed by atoms with Crippen LogP contribution in [0.1, 0.15) is 48.4 Å². The minimum atomic E-state index is 0.865. The van der Waals surface area contributed by atoms with Gasteiger partial charge in [-0.1, -0.05) is 12.8 Å². The Morgan fingerprint density at radius 1 is 0.962 bits per heavy atom. The third kappa shape index (κ3) is 3.23. The van der Waals surface area contributed by atoms with Crippen molar-refractivity contribution in [1.82, 2.24) is 9.97 Å². The zero-order valence-corrected chi connectivity index (χ0v) is 16.4. The van der Waals surface area contributed by atoms with Crippen molar-refractivity contribution < 1.29 is 9.64 Å². The van der Waals surface area contributed by atoms with Gasteiger partial charge in [0.2, 0.25) is 0 Å². The molecule has 0 amide bonds. The number of hydrogen-bond acceptors (Lipinski definition) is 5. The lowest BCUT2D eigenvalue weighted by molar-refractivity contribution is -0.922. The number of rotatable bonds is 3. The minimum Gasteiger partial charge on any atom is -0.370 e. The summed E-state index contributed by atoms with van der Waals surface area (Å²) in [5.41, 5.74) is 1.56. The number of aryl methyl sites for hydroxylation is 2. The number of anilines is 1. The molecule has 6 heteroatoms. The average molecular weight is 374 g/mol. The highest BCUT2D eigenvalue weighted by Gasteiger charge is 2.26. The van der Waals surface area contributed by atoms with Crippen molar-refractivity contribution in [2.75, 3.05) is 44.3 Å². The van der Waals surface area contributed by atoms with E-state index in [0.717, 1.165) is 51.8 Å². The first-order valence-corrected chi connectivity index (χ1v) is 11.2. The Kier molecular flexibility index (Phi) is 4.82. The summed E-state index contributed by atoms with van der Waals surface area (Å²) >= 11 is 1.93. The number of aromatic nitrogens is 2. The lowest BCUT2D eigenvalue weighted by Crippen LogP contribution is -3.12. The third-order valence-electron chi connectivity index (χ3n) is 6.11. The van der Waals surface area contributed by atoms with Gasteiger partial charge in [-0.05, 0) is 37.7 Å². The molecule has 140 valence electrons. The summed E-state index contributed by atoms with van der Waals surface area (Å²) in [6.07, 6.45) is 9.06. The van der Waals surface area contributed by atoms with E-state index in [1.54, 1.807) is 15.3 Å². The van der Waals surface area contributed by atoms with E-state index in [-0.39, 0.29) is 0 Å². The molecular weight excluding hydrogens is 344 g/mol. The summed E-state index contributed by atoms with van der Waals surface area (Å²) in [5.74, 6) is 2.28. The van der Waals surface area contributed by atoms with Crippen molar-refractivity contribution in [3.8, 4) is 0 Å². The van der Waals surface area contributed by atoms with Crippen molar-refractivity contribution in [3.63, 3.8) is 0 Å². The van der Waals surface area contributed by atoms with E-state index in [9.17, 15) is 0 Å². The zero-order chi connectivity index (χ0) is 17.3. The van der Waals surface area contributed by atoms with E-state index in [2.05, 4.69) is 4.90 Å². The molecule has 2 saturated heterocycles. The van der Waals surface area contributed by atoms with Crippen LogP contribution in [0.15, 0.2) is 0 Å². The van der Waals surface area contributed by atoms with Gasteiger partial charge in [-0.2, -0.15) is 0 Å². The van der Waals surface area contributed by atoms with Gasteiger partial charge < -0.3 is 14.5 Å². The van der Waals surface area contributed by atoms with Crippen LogP contribution in [0.5, 0.6) is 0 Å². The van der Waals surface area contributed by atoms with Crippen LogP contribution in [0, 0.1) is 0 Å². The van der Waals surface area contributed by atoms with Crippen LogP contribution in [-0.4, -0.2) is 49.4 Å². The Morgan fingerprint density at radius 2 is 1.77 bits per heavy atom. The Balaban J connectivity index is 1.54.